The van der Waals surface area contributed by atoms with Gasteiger partial charge in [-0.3, -0.25) is 14.4 Å². The topological polar surface area (TPSA) is 95.9 Å². The quantitative estimate of drug-likeness (QED) is 0.257. The minimum absolute atomic E-state index is 0.00289. The van der Waals surface area contributed by atoms with Crippen molar-refractivity contribution in [2.75, 3.05) is 20.2 Å². The highest BCUT2D eigenvalue weighted by atomic mass is 16.5. The average molecular weight is 459 g/mol. The van der Waals surface area contributed by atoms with Gasteiger partial charge in [-0.2, -0.15) is 0 Å². The van der Waals surface area contributed by atoms with Crippen LogP contribution in [0.4, 0.5) is 0 Å². The molecule has 7 heteroatoms. The van der Waals surface area contributed by atoms with Crippen LogP contribution < -0.4 is 5.32 Å². The number of carbonyl (C=O) groups is 3. The Labute approximate surface area is 197 Å². The molecule has 0 saturated carbocycles. The monoisotopic (exact) mass is 458 g/mol. The molecule has 182 valence electrons. The van der Waals surface area contributed by atoms with E-state index >= 15 is 0 Å². The first-order valence-electron chi connectivity index (χ1n) is 11.5. The molecular formula is C26H38N2O5. The maximum atomic E-state index is 13.1. The van der Waals surface area contributed by atoms with Gasteiger partial charge < -0.3 is 20.1 Å². The first kappa shape index (κ1) is 28.1. The lowest BCUT2D eigenvalue weighted by Crippen LogP contribution is -2.51. The van der Waals surface area contributed by atoms with E-state index in [2.05, 4.69) is 18.5 Å². The Kier molecular flexibility index (Phi) is 14.2. The van der Waals surface area contributed by atoms with Gasteiger partial charge in [0, 0.05) is 19.5 Å². The number of benzene rings is 1. The summed E-state index contributed by atoms with van der Waals surface area (Å²) >= 11 is 0. The van der Waals surface area contributed by atoms with E-state index in [9.17, 15) is 19.5 Å². The summed E-state index contributed by atoms with van der Waals surface area (Å²) in [5.41, 5.74) is 0.959. The number of nitrogens with one attached hydrogen (secondary N) is 1. The molecule has 2 N–H and O–H groups in total. The van der Waals surface area contributed by atoms with E-state index in [1.807, 2.05) is 36.4 Å². The maximum absolute atomic E-state index is 13.1. The van der Waals surface area contributed by atoms with Crippen molar-refractivity contribution in [3.8, 4) is 0 Å². The maximum Gasteiger partial charge on any atom is 0.304 e. The SMILES string of the molecule is C=CCCCCN(C)C(=O)[C@H](COCc1ccccc1)NC(=O)C(CCCC=C)CC(=O)O. The molecule has 0 aliphatic rings. The van der Waals surface area contributed by atoms with E-state index in [4.69, 9.17) is 4.74 Å². The van der Waals surface area contributed by atoms with Crippen molar-refractivity contribution in [1.29, 1.82) is 0 Å². The predicted molar refractivity (Wildman–Crippen MR) is 130 cm³/mol. The van der Waals surface area contributed by atoms with Gasteiger partial charge >= 0.3 is 5.97 Å². The van der Waals surface area contributed by atoms with Gasteiger partial charge in [-0.05, 0) is 44.1 Å². The van der Waals surface area contributed by atoms with Crippen LogP contribution in [0.1, 0.15) is 50.5 Å². The van der Waals surface area contributed by atoms with Gasteiger partial charge in [-0.25, -0.2) is 0 Å². The molecule has 0 saturated heterocycles. The van der Waals surface area contributed by atoms with Crippen LogP contribution in [0.2, 0.25) is 0 Å². The van der Waals surface area contributed by atoms with Crippen LogP contribution in [0.15, 0.2) is 55.6 Å². The van der Waals surface area contributed by atoms with Crippen molar-refractivity contribution in [2.45, 2.75) is 57.6 Å². The van der Waals surface area contributed by atoms with Gasteiger partial charge in [0.2, 0.25) is 11.8 Å². The van der Waals surface area contributed by atoms with Crippen molar-refractivity contribution < 1.29 is 24.2 Å². The number of ether oxygens (including phenoxy) is 1. The van der Waals surface area contributed by atoms with Gasteiger partial charge in [0.25, 0.3) is 0 Å². The van der Waals surface area contributed by atoms with Gasteiger partial charge in [-0.1, -0.05) is 42.5 Å². The first-order valence-corrected chi connectivity index (χ1v) is 11.5. The van der Waals surface area contributed by atoms with E-state index in [-0.39, 0.29) is 18.9 Å². The van der Waals surface area contributed by atoms with E-state index in [1.54, 1.807) is 18.0 Å². The van der Waals surface area contributed by atoms with Crippen LogP contribution in [-0.4, -0.2) is 54.0 Å². The number of carboxylic acid groups (broad SMARTS) is 1. The molecule has 1 rings (SSSR count). The molecule has 1 unspecified atom stereocenters. The van der Waals surface area contributed by atoms with Crippen LogP contribution in [0, 0.1) is 5.92 Å². The third kappa shape index (κ3) is 12.0. The Balaban J connectivity index is 2.82. The summed E-state index contributed by atoms with van der Waals surface area (Å²) in [7, 11) is 1.70. The summed E-state index contributed by atoms with van der Waals surface area (Å²) in [6.45, 7) is 8.22. The molecule has 1 aromatic rings. The normalized spacial score (nSPS) is 12.4. The smallest absolute Gasteiger partial charge is 0.304 e. The largest absolute Gasteiger partial charge is 0.481 e. The molecule has 0 aromatic heterocycles. The molecule has 2 amide bonds. The second-order valence-electron chi connectivity index (χ2n) is 8.12. The van der Waals surface area contributed by atoms with E-state index in [0.29, 0.717) is 32.4 Å². The van der Waals surface area contributed by atoms with Crippen LogP contribution in [0.3, 0.4) is 0 Å². The zero-order valence-electron chi connectivity index (χ0n) is 19.7. The number of unbranched alkanes of at least 4 members (excludes halogenated alkanes) is 3. The predicted octanol–water partition coefficient (Wildman–Crippen LogP) is 3.95. The molecule has 0 radical (unpaired) electrons. The second kappa shape index (κ2) is 16.7. The lowest BCUT2D eigenvalue weighted by molar-refractivity contribution is -0.142. The molecule has 0 spiro atoms. The summed E-state index contributed by atoms with van der Waals surface area (Å²) in [6.07, 6.45) is 7.68. The standard InChI is InChI=1S/C26H38N2O5/c1-4-6-8-13-17-28(3)26(32)23(20-33-19-21-14-11-9-12-15-21)27-25(31)22(18-24(29)30)16-10-7-5-2/h4-5,9,11-12,14-15,22-23H,1-2,6-8,10,13,16-20H2,3H3,(H,27,31)(H,29,30)/t22?,23-/m0/s1. The minimum atomic E-state index is -1.05. The number of likely N-dealkylation sites (N-methyl/N-ethyl adjacent to an activating group) is 1. The molecule has 33 heavy (non-hydrogen) atoms. The Morgan fingerprint density at radius 3 is 2.39 bits per heavy atom. The fourth-order valence-corrected chi connectivity index (χ4v) is 3.39. The third-order valence-electron chi connectivity index (χ3n) is 5.29. The molecule has 2 atom stereocenters. The molecule has 0 bridgehead atoms. The highest BCUT2D eigenvalue weighted by molar-refractivity contribution is 5.89. The molecule has 0 aliphatic heterocycles. The summed E-state index contributed by atoms with van der Waals surface area (Å²) < 4.78 is 5.75. The van der Waals surface area contributed by atoms with E-state index in [0.717, 1.165) is 24.8 Å². The molecule has 0 fully saturated rings. The van der Waals surface area contributed by atoms with E-state index in [1.165, 1.54) is 0 Å². The number of rotatable bonds is 18. The van der Waals surface area contributed by atoms with Gasteiger partial charge in [-0.15, -0.1) is 13.2 Å². The van der Waals surface area contributed by atoms with Crippen LogP contribution in [-0.2, 0) is 25.7 Å². The first-order chi connectivity index (χ1) is 15.9. The highest BCUT2D eigenvalue weighted by Crippen LogP contribution is 2.15. The Hall–Kier alpha value is -2.93. The van der Waals surface area contributed by atoms with Crippen LogP contribution in [0.25, 0.3) is 0 Å². The number of hydrogen-bond donors (Lipinski definition) is 2. The minimum Gasteiger partial charge on any atom is -0.481 e. The van der Waals surface area contributed by atoms with Gasteiger partial charge in [0.15, 0.2) is 0 Å². The summed E-state index contributed by atoms with van der Waals surface area (Å²) in [5, 5.41) is 12.0. The number of carboxylic acids is 1. The number of hydrogen-bond acceptors (Lipinski definition) is 4. The average Bonchev–Trinajstić information content (AvgIpc) is 2.80. The number of allylic oxidation sites excluding steroid dienone is 2. The number of aliphatic carboxylic acids is 1. The lowest BCUT2D eigenvalue weighted by Gasteiger charge is -2.26. The molecule has 7 nitrogen and oxygen atoms in total. The number of carbonyl (C=O) groups excluding carboxylic acids is 2. The Morgan fingerprint density at radius 1 is 1.09 bits per heavy atom. The van der Waals surface area contributed by atoms with Crippen molar-refractivity contribution in [1.82, 2.24) is 10.2 Å². The highest BCUT2D eigenvalue weighted by Gasteiger charge is 2.28. The molecule has 0 heterocycles. The van der Waals surface area contributed by atoms with Crippen molar-refractivity contribution in [2.24, 2.45) is 5.92 Å². The summed E-state index contributed by atoms with van der Waals surface area (Å²) in [5.74, 6) is -2.46. The molecule has 1 aromatic carbocycles. The van der Waals surface area contributed by atoms with Crippen LogP contribution in [0.5, 0.6) is 0 Å². The number of amides is 2. The molecular weight excluding hydrogens is 420 g/mol. The lowest BCUT2D eigenvalue weighted by atomic mass is 9.97. The van der Waals surface area contributed by atoms with Crippen molar-refractivity contribution in [3.05, 3.63) is 61.2 Å². The summed E-state index contributed by atoms with van der Waals surface area (Å²) in [6, 6.07) is 8.67. The zero-order valence-corrected chi connectivity index (χ0v) is 19.7. The van der Waals surface area contributed by atoms with Crippen molar-refractivity contribution >= 4 is 17.8 Å². The number of nitrogens with zero attached hydrogens (tertiary/aromatic N) is 1. The Bertz CT molecular complexity index is 750. The fraction of sp³-hybridized carbons (Fsp3) is 0.500. The summed E-state index contributed by atoms with van der Waals surface area (Å²) in [4.78, 5) is 38.8. The molecule has 0 aliphatic carbocycles. The van der Waals surface area contributed by atoms with E-state index < -0.39 is 23.8 Å². The fourth-order valence-electron chi connectivity index (χ4n) is 3.39. The van der Waals surface area contributed by atoms with Gasteiger partial charge in [0.1, 0.15) is 6.04 Å². The Morgan fingerprint density at radius 2 is 1.76 bits per heavy atom. The van der Waals surface area contributed by atoms with Gasteiger partial charge in [0.05, 0.1) is 19.6 Å². The van der Waals surface area contributed by atoms with Crippen molar-refractivity contribution in [3.63, 3.8) is 0 Å². The second-order valence-corrected chi connectivity index (χ2v) is 8.12. The van der Waals surface area contributed by atoms with Crippen LogP contribution >= 0.6 is 0 Å². The zero-order chi connectivity index (χ0) is 24.5. The third-order valence-corrected chi connectivity index (χ3v) is 5.29.